The molecule has 0 spiro atoms. The van der Waals surface area contributed by atoms with Crippen molar-refractivity contribution < 1.29 is 23.8 Å². The predicted molar refractivity (Wildman–Crippen MR) is 144 cm³/mol. The van der Waals surface area contributed by atoms with E-state index in [1.54, 1.807) is 19.1 Å². The number of para-hydroxylation sites is 1. The van der Waals surface area contributed by atoms with Gasteiger partial charge in [0.15, 0.2) is 5.17 Å². The van der Waals surface area contributed by atoms with Crippen LogP contribution in [0.3, 0.4) is 0 Å². The van der Waals surface area contributed by atoms with Crippen LogP contribution in [0.4, 0.5) is 0 Å². The van der Waals surface area contributed by atoms with Gasteiger partial charge in [0.25, 0.3) is 0 Å². The number of carbonyl (C=O) groups excluding carboxylic acids is 2. The molecule has 194 valence electrons. The third-order valence-corrected chi connectivity index (χ3v) is 7.02. The van der Waals surface area contributed by atoms with E-state index in [9.17, 15) is 9.59 Å². The fraction of sp³-hybridized carbons (Fsp3) is 0.321. The van der Waals surface area contributed by atoms with Crippen LogP contribution in [0, 0.1) is 0 Å². The maximum Gasteiger partial charge on any atom is 0.338 e. The summed E-state index contributed by atoms with van der Waals surface area (Å²) in [7, 11) is 3.33. The Morgan fingerprint density at radius 2 is 1.84 bits per heavy atom. The maximum atomic E-state index is 13.4. The van der Waals surface area contributed by atoms with Gasteiger partial charge in [-0.1, -0.05) is 42.1 Å². The summed E-state index contributed by atoms with van der Waals surface area (Å²) in [5, 5.41) is 2.65. The SMILES string of the molecule is CCN(C)C(=O)CC1=CSC2=NC(C)=C(C(=O)OCCOC)[C@H](c3cccc(Oc4ccccc4)c3)N12. The van der Waals surface area contributed by atoms with Crippen LogP contribution in [0.1, 0.15) is 31.9 Å². The Bertz CT molecular complexity index is 1240. The monoisotopic (exact) mass is 521 g/mol. The lowest BCUT2D eigenvalue weighted by Crippen LogP contribution is -2.38. The molecular weight excluding hydrogens is 490 g/mol. The average molecular weight is 522 g/mol. The average Bonchev–Trinajstić information content (AvgIpc) is 3.29. The molecule has 2 heterocycles. The number of thioether (sulfide) groups is 1. The normalized spacial score (nSPS) is 16.6. The molecular formula is C28H31N3O5S. The van der Waals surface area contributed by atoms with Crippen LogP contribution in [-0.4, -0.2) is 60.8 Å². The number of hydrogen-bond donors (Lipinski definition) is 0. The highest BCUT2D eigenvalue weighted by Gasteiger charge is 2.41. The molecule has 0 aliphatic carbocycles. The largest absolute Gasteiger partial charge is 0.460 e. The van der Waals surface area contributed by atoms with Gasteiger partial charge in [0.1, 0.15) is 18.1 Å². The van der Waals surface area contributed by atoms with E-state index in [1.165, 1.54) is 11.8 Å². The number of allylic oxidation sites excluding steroid dienone is 1. The van der Waals surface area contributed by atoms with Crippen molar-refractivity contribution in [3.63, 3.8) is 0 Å². The lowest BCUT2D eigenvalue weighted by Gasteiger charge is -2.36. The van der Waals surface area contributed by atoms with Crippen molar-refractivity contribution in [1.29, 1.82) is 0 Å². The van der Waals surface area contributed by atoms with E-state index < -0.39 is 12.0 Å². The van der Waals surface area contributed by atoms with E-state index in [1.807, 2.05) is 78.8 Å². The number of carbonyl (C=O) groups is 2. The second kappa shape index (κ2) is 12.1. The summed E-state index contributed by atoms with van der Waals surface area (Å²) in [5.74, 6) is 0.870. The van der Waals surface area contributed by atoms with Crippen molar-refractivity contribution in [2.45, 2.75) is 26.3 Å². The van der Waals surface area contributed by atoms with Crippen LogP contribution in [0.2, 0.25) is 0 Å². The van der Waals surface area contributed by atoms with Crippen LogP contribution in [-0.2, 0) is 19.1 Å². The smallest absolute Gasteiger partial charge is 0.338 e. The van der Waals surface area contributed by atoms with Gasteiger partial charge >= 0.3 is 5.97 Å². The molecule has 2 aromatic rings. The molecule has 0 aromatic heterocycles. The van der Waals surface area contributed by atoms with Crippen molar-refractivity contribution in [3.05, 3.63) is 82.5 Å². The van der Waals surface area contributed by atoms with Crippen LogP contribution in [0.15, 0.2) is 82.0 Å². The number of aliphatic imine (C=N–C) groups is 1. The zero-order valence-corrected chi connectivity index (χ0v) is 22.3. The summed E-state index contributed by atoms with van der Waals surface area (Å²) in [5.41, 5.74) is 2.60. The van der Waals surface area contributed by atoms with Gasteiger partial charge in [-0.3, -0.25) is 4.79 Å². The molecule has 0 fully saturated rings. The number of rotatable bonds is 10. The van der Waals surface area contributed by atoms with E-state index in [4.69, 9.17) is 19.2 Å². The first-order valence-electron chi connectivity index (χ1n) is 12.1. The number of benzene rings is 2. The molecule has 2 aliphatic rings. The van der Waals surface area contributed by atoms with E-state index in [-0.39, 0.29) is 18.9 Å². The van der Waals surface area contributed by atoms with Gasteiger partial charge in [-0.05, 0) is 49.1 Å². The minimum atomic E-state index is -0.539. The molecule has 0 saturated carbocycles. The first kappa shape index (κ1) is 26.5. The van der Waals surface area contributed by atoms with Crippen molar-refractivity contribution in [3.8, 4) is 11.5 Å². The molecule has 1 amide bonds. The summed E-state index contributed by atoms with van der Waals surface area (Å²) in [4.78, 5) is 34.5. The topological polar surface area (TPSA) is 80.7 Å². The lowest BCUT2D eigenvalue weighted by molar-refractivity contribution is -0.141. The summed E-state index contributed by atoms with van der Waals surface area (Å²) >= 11 is 1.45. The van der Waals surface area contributed by atoms with Crippen LogP contribution in [0.25, 0.3) is 0 Å². The molecule has 0 saturated heterocycles. The molecule has 0 bridgehead atoms. The Morgan fingerprint density at radius 1 is 1.08 bits per heavy atom. The van der Waals surface area contributed by atoms with E-state index >= 15 is 0 Å². The molecule has 2 aromatic carbocycles. The number of hydrogen-bond acceptors (Lipinski definition) is 8. The molecule has 0 unspecified atom stereocenters. The van der Waals surface area contributed by atoms with Gasteiger partial charge in [0.05, 0.1) is 30.3 Å². The highest BCUT2D eigenvalue weighted by molar-refractivity contribution is 8.16. The Balaban J connectivity index is 1.73. The second-order valence-corrected chi connectivity index (χ2v) is 9.43. The number of ether oxygens (including phenoxy) is 3. The van der Waals surface area contributed by atoms with Gasteiger partial charge in [0.2, 0.25) is 5.91 Å². The zero-order chi connectivity index (χ0) is 26.4. The molecule has 9 heteroatoms. The molecule has 0 radical (unpaired) electrons. The predicted octanol–water partition coefficient (Wildman–Crippen LogP) is 5.11. The highest BCUT2D eigenvalue weighted by atomic mass is 32.2. The molecule has 0 N–H and O–H groups in total. The van der Waals surface area contributed by atoms with Crippen molar-refractivity contribution in [2.24, 2.45) is 4.99 Å². The highest BCUT2D eigenvalue weighted by Crippen LogP contribution is 2.45. The standard InChI is InChI=1S/C28H31N3O5S/c1-5-30(3)24(32)17-21-18-37-28-29-19(2)25(27(33)35-15-14-34-4)26(31(21)28)20-10-9-13-23(16-20)36-22-11-7-6-8-12-22/h6-13,16,18,26H,5,14-15,17H2,1-4H3/t26-/m0/s1. The van der Waals surface area contributed by atoms with Crippen LogP contribution in [0.5, 0.6) is 11.5 Å². The van der Waals surface area contributed by atoms with Gasteiger partial charge in [0, 0.05) is 26.4 Å². The van der Waals surface area contributed by atoms with Crippen molar-refractivity contribution in [1.82, 2.24) is 9.80 Å². The van der Waals surface area contributed by atoms with Gasteiger partial charge in [-0.15, -0.1) is 0 Å². The quantitative estimate of drug-likeness (QED) is 0.317. The Hall–Kier alpha value is -3.56. The number of amides is 1. The minimum Gasteiger partial charge on any atom is -0.460 e. The van der Waals surface area contributed by atoms with E-state index in [0.717, 1.165) is 11.3 Å². The number of esters is 1. The maximum absolute atomic E-state index is 13.4. The number of fused-ring (bicyclic) bond motifs is 1. The fourth-order valence-corrected chi connectivity index (χ4v) is 5.04. The first-order valence-corrected chi connectivity index (χ1v) is 13.0. The Labute approximate surface area is 221 Å². The first-order chi connectivity index (χ1) is 17.9. The number of methoxy groups -OCH3 is 1. The third kappa shape index (κ3) is 6.06. The molecule has 8 nitrogen and oxygen atoms in total. The molecule has 2 aliphatic heterocycles. The summed E-state index contributed by atoms with van der Waals surface area (Å²) in [6.07, 6.45) is 0.193. The summed E-state index contributed by atoms with van der Waals surface area (Å²) < 4.78 is 16.7. The molecule has 4 rings (SSSR count). The number of amidine groups is 1. The Kier molecular flexibility index (Phi) is 8.68. The molecule has 1 atom stereocenters. The minimum absolute atomic E-state index is 0.00833. The fourth-order valence-electron chi connectivity index (χ4n) is 4.08. The summed E-state index contributed by atoms with van der Waals surface area (Å²) in [6.45, 7) is 4.77. The Morgan fingerprint density at radius 3 is 2.57 bits per heavy atom. The second-order valence-electron chi connectivity index (χ2n) is 8.59. The van der Waals surface area contributed by atoms with Gasteiger partial charge in [-0.2, -0.15) is 0 Å². The van der Waals surface area contributed by atoms with Gasteiger partial charge < -0.3 is 24.0 Å². The van der Waals surface area contributed by atoms with E-state index in [0.29, 0.717) is 41.1 Å². The lowest BCUT2D eigenvalue weighted by atomic mass is 9.93. The van der Waals surface area contributed by atoms with Gasteiger partial charge in [-0.25, -0.2) is 9.79 Å². The number of nitrogens with zero attached hydrogens (tertiary/aromatic N) is 3. The third-order valence-electron chi connectivity index (χ3n) is 6.13. The van der Waals surface area contributed by atoms with Crippen LogP contribution >= 0.6 is 11.8 Å². The van der Waals surface area contributed by atoms with E-state index in [2.05, 4.69) is 0 Å². The summed E-state index contributed by atoms with van der Waals surface area (Å²) in [6, 6.07) is 16.6. The zero-order valence-electron chi connectivity index (χ0n) is 21.5. The van der Waals surface area contributed by atoms with Crippen molar-refractivity contribution >= 4 is 28.8 Å². The van der Waals surface area contributed by atoms with Crippen molar-refractivity contribution in [2.75, 3.05) is 33.9 Å². The molecule has 37 heavy (non-hydrogen) atoms. The van der Waals surface area contributed by atoms with Crippen LogP contribution < -0.4 is 4.74 Å².